The van der Waals surface area contributed by atoms with Crippen LogP contribution in [0.2, 0.25) is 0 Å². The van der Waals surface area contributed by atoms with E-state index in [9.17, 15) is 4.79 Å². The predicted octanol–water partition coefficient (Wildman–Crippen LogP) is 0.537. The van der Waals surface area contributed by atoms with E-state index >= 15 is 0 Å². The van der Waals surface area contributed by atoms with E-state index in [1.165, 1.54) is 18.4 Å². The van der Waals surface area contributed by atoms with Crippen LogP contribution in [0.3, 0.4) is 0 Å². The molecule has 1 rings (SSSR count). The van der Waals surface area contributed by atoms with Gasteiger partial charge in [-0.25, -0.2) is 4.98 Å². The molecule has 0 saturated carbocycles. The third kappa shape index (κ3) is 3.17. The molecule has 0 bridgehead atoms. The molecule has 0 fully saturated rings. The first-order chi connectivity index (χ1) is 6.63. The van der Waals surface area contributed by atoms with Gasteiger partial charge in [-0.2, -0.15) is 0 Å². The Labute approximate surface area is 87.1 Å². The Morgan fingerprint density at radius 2 is 2.50 bits per heavy atom. The van der Waals surface area contributed by atoms with Gasteiger partial charge in [0.1, 0.15) is 0 Å². The van der Waals surface area contributed by atoms with Crippen LogP contribution in [0, 0.1) is 6.92 Å². The number of aromatic nitrogens is 1. The van der Waals surface area contributed by atoms with Crippen LogP contribution >= 0.6 is 11.3 Å². The summed E-state index contributed by atoms with van der Waals surface area (Å²) in [6.07, 6.45) is 0.300. The van der Waals surface area contributed by atoms with Gasteiger partial charge in [0.2, 0.25) is 0 Å². The Balaban J connectivity index is 2.48. The van der Waals surface area contributed by atoms with Crippen molar-refractivity contribution >= 4 is 17.1 Å². The second kappa shape index (κ2) is 5.19. The van der Waals surface area contributed by atoms with Crippen LogP contribution < -0.4 is 5.73 Å². The Bertz CT molecular complexity index is 312. The molecule has 2 N–H and O–H groups in total. The predicted molar refractivity (Wildman–Crippen MR) is 55.4 cm³/mol. The first-order valence-corrected chi connectivity index (χ1v) is 5.19. The molecule has 1 unspecified atom stereocenters. The van der Waals surface area contributed by atoms with E-state index in [1.54, 1.807) is 0 Å². The Morgan fingerprint density at radius 1 is 1.79 bits per heavy atom. The van der Waals surface area contributed by atoms with Gasteiger partial charge >= 0.3 is 0 Å². The maximum atomic E-state index is 11.5. The summed E-state index contributed by atoms with van der Waals surface area (Å²) in [4.78, 5) is 15.7. The highest BCUT2D eigenvalue weighted by atomic mass is 32.1. The lowest BCUT2D eigenvalue weighted by atomic mass is 10.1. The number of thiazole rings is 1. The fourth-order valence-corrected chi connectivity index (χ4v) is 1.68. The number of carbonyl (C=O) groups excluding carboxylic acids is 1. The summed E-state index contributed by atoms with van der Waals surface area (Å²) in [5, 5.41) is 2.85. The second-order valence-corrected chi connectivity index (χ2v) is 4.13. The van der Waals surface area contributed by atoms with Gasteiger partial charge in [0.05, 0.1) is 29.8 Å². The minimum Gasteiger partial charge on any atom is -0.383 e. The number of carbonyl (C=O) groups is 1. The van der Waals surface area contributed by atoms with Crippen molar-refractivity contribution in [1.82, 2.24) is 4.98 Å². The molecule has 5 heteroatoms. The van der Waals surface area contributed by atoms with E-state index < -0.39 is 6.04 Å². The fraction of sp³-hybridized carbons (Fsp3) is 0.556. The third-order valence-electron chi connectivity index (χ3n) is 1.78. The van der Waals surface area contributed by atoms with Crippen molar-refractivity contribution < 1.29 is 9.53 Å². The van der Waals surface area contributed by atoms with Gasteiger partial charge in [-0.15, -0.1) is 11.3 Å². The van der Waals surface area contributed by atoms with E-state index in [1.807, 2.05) is 12.3 Å². The molecule has 0 radical (unpaired) electrons. The van der Waals surface area contributed by atoms with E-state index in [2.05, 4.69) is 4.98 Å². The number of Topliss-reactive ketones (excluding diaryl/α,β-unsaturated/α-hetero) is 1. The number of hydrogen-bond acceptors (Lipinski definition) is 5. The molecule has 0 amide bonds. The van der Waals surface area contributed by atoms with Crippen molar-refractivity contribution in [1.29, 1.82) is 0 Å². The van der Waals surface area contributed by atoms with Gasteiger partial charge in [-0.05, 0) is 6.92 Å². The molecule has 1 aromatic heterocycles. The Kier molecular flexibility index (Phi) is 4.19. The van der Waals surface area contributed by atoms with Crippen molar-refractivity contribution in [2.45, 2.75) is 19.4 Å². The molecular formula is C9H14N2O2S. The molecule has 0 aromatic carbocycles. The first-order valence-electron chi connectivity index (χ1n) is 4.31. The maximum Gasteiger partial charge on any atom is 0.157 e. The monoisotopic (exact) mass is 214 g/mol. The van der Waals surface area contributed by atoms with Crippen LogP contribution in [0.25, 0.3) is 0 Å². The smallest absolute Gasteiger partial charge is 0.157 e. The zero-order chi connectivity index (χ0) is 10.6. The average molecular weight is 214 g/mol. The number of methoxy groups -OCH3 is 1. The van der Waals surface area contributed by atoms with Crippen LogP contribution in [-0.4, -0.2) is 30.5 Å². The zero-order valence-corrected chi connectivity index (χ0v) is 9.13. The maximum absolute atomic E-state index is 11.5. The van der Waals surface area contributed by atoms with Gasteiger partial charge in [0.25, 0.3) is 0 Å². The van der Waals surface area contributed by atoms with Crippen LogP contribution in [0.15, 0.2) is 5.38 Å². The minimum atomic E-state index is -0.540. The average Bonchev–Trinajstić information content (AvgIpc) is 2.51. The van der Waals surface area contributed by atoms with Crippen molar-refractivity contribution in [3.05, 3.63) is 16.1 Å². The molecule has 4 nitrogen and oxygen atoms in total. The SMILES string of the molecule is COCC(N)C(=O)Cc1csc(C)n1. The van der Waals surface area contributed by atoms with Crippen molar-refractivity contribution in [3.8, 4) is 0 Å². The van der Waals surface area contributed by atoms with Gasteiger partial charge in [-0.3, -0.25) is 4.79 Å². The van der Waals surface area contributed by atoms with Crippen molar-refractivity contribution in [2.24, 2.45) is 5.73 Å². The normalized spacial score (nSPS) is 12.8. The van der Waals surface area contributed by atoms with E-state index in [4.69, 9.17) is 10.5 Å². The molecule has 0 aliphatic carbocycles. The molecule has 14 heavy (non-hydrogen) atoms. The number of ketones is 1. The second-order valence-electron chi connectivity index (χ2n) is 3.06. The van der Waals surface area contributed by atoms with Crippen LogP contribution in [-0.2, 0) is 16.0 Å². The molecule has 1 aromatic rings. The Morgan fingerprint density at radius 3 is 3.00 bits per heavy atom. The molecular weight excluding hydrogens is 200 g/mol. The van der Waals surface area contributed by atoms with E-state index in [0.29, 0.717) is 6.42 Å². The third-order valence-corrected chi connectivity index (χ3v) is 2.60. The standard InChI is InChI=1S/C9H14N2O2S/c1-6-11-7(5-14-6)3-9(12)8(10)4-13-2/h5,8H,3-4,10H2,1-2H3. The van der Waals surface area contributed by atoms with Crippen LogP contribution in [0.5, 0.6) is 0 Å². The molecule has 78 valence electrons. The number of ether oxygens (including phenoxy) is 1. The molecule has 0 aliphatic heterocycles. The highest BCUT2D eigenvalue weighted by molar-refractivity contribution is 7.09. The van der Waals surface area contributed by atoms with Crippen molar-refractivity contribution in [2.75, 3.05) is 13.7 Å². The number of nitrogens with two attached hydrogens (primary N) is 1. The molecule has 1 heterocycles. The van der Waals surface area contributed by atoms with Crippen LogP contribution in [0.1, 0.15) is 10.7 Å². The van der Waals surface area contributed by atoms with Gasteiger partial charge < -0.3 is 10.5 Å². The lowest BCUT2D eigenvalue weighted by Gasteiger charge is -2.07. The lowest BCUT2D eigenvalue weighted by molar-refractivity contribution is -0.120. The summed E-state index contributed by atoms with van der Waals surface area (Å²) in [5.41, 5.74) is 6.38. The molecule has 0 aliphatic rings. The van der Waals surface area contributed by atoms with Crippen LogP contribution in [0.4, 0.5) is 0 Å². The summed E-state index contributed by atoms with van der Waals surface area (Å²) >= 11 is 1.54. The minimum absolute atomic E-state index is 0.0304. The molecule has 0 saturated heterocycles. The fourth-order valence-electron chi connectivity index (χ4n) is 1.07. The van der Waals surface area contributed by atoms with E-state index in [-0.39, 0.29) is 12.4 Å². The number of rotatable bonds is 5. The van der Waals surface area contributed by atoms with Gasteiger partial charge in [0, 0.05) is 12.5 Å². The highest BCUT2D eigenvalue weighted by Gasteiger charge is 2.14. The van der Waals surface area contributed by atoms with Crippen molar-refractivity contribution in [3.63, 3.8) is 0 Å². The largest absolute Gasteiger partial charge is 0.383 e. The quantitative estimate of drug-likeness (QED) is 0.776. The summed E-state index contributed by atoms with van der Waals surface area (Å²) < 4.78 is 4.80. The van der Waals surface area contributed by atoms with Gasteiger partial charge in [0.15, 0.2) is 5.78 Å². The first kappa shape index (κ1) is 11.3. The highest BCUT2D eigenvalue weighted by Crippen LogP contribution is 2.09. The van der Waals surface area contributed by atoms with Gasteiger partial charge in [-0.1, -0.05) is 0 Å². The summed E-state index contributed by atoms with van der Waals surface area (Å²) in [5.74, 6) is -0.0304. The summed E-state index contributed by atoms with van der Waals surface area (Å²) in [7, 11) is 1.53. The zero-order valence-electron chi connectivity index (χ0n) is 8.32. The number of nitrogens with zero attached hydrogens (tertiary/aromatic N) is 1. The lowest BCUT2D eigenvalue weighted by Crippen LogP contribution is -2.36. The summed E-state index contributed by atoms with van der Waals surface area (Å²) in [6.45, 7) is 2.18. The molecule has 0 spiro atoms. The Hall–Kier alpha value is -0.780. The molecule has 1 atom stereocenters. The summed E-state index contributed by atoms with van der Waals surface area (Å²) in [6, 6.07) is -0.540. The number of aryl methyl sites for hydroxylation is 1. The van der Waals surface area contributed by atoms with E-state index in [0.717, 1.165) is 10.7 Å². The topological polar surface area (TPSA) is 65.2 Å². The number of hydrogen-bond donors (Lipinski definition) is 1.